The van der Waals surface area contributed by atoms with Crippen LogP contribution in [-0.2, 0) is 9.59 Å². The molecule has 0 N–H and O–H groups in total. The number of hydrogen-bond acceptors (Lipinski definition) is 3. The van der Waals surface area contributed by atoms with E-state index in [4.69, 9.17) is 0 Å². The maximum atomic E-state index is 13.2. The number of fused-ring (bicyclic) bond motifs is 3. The molecule has 4 rings (SSSR count). The molecule has 0 aromatic heterocycles. The minimum absolute atomic E-state index is 0.0883. The van der Waals surface area contributed by atoms with Crippen molar-refractivity contribution in [2.45, 2.75) is 19.8 Å². The number of imide groups is 1. The molecule has 2 amide bonds. The predicted octanol–water partition coefficient (Wildman–Crippen LogP) is 3.03. The van der Waals surface area contributed by atoms with Crippen LogP contribution in [0.1, 0.15) is 22.6 Å². The van der Waals surface area contributed by atoms with Crippen molar-refractivity contribution < 1.29 is 9.59 Å². The number of amides is 2. The van der Waals surface area contributed by atoms with Crippen molar-refractivity contribution in [2.24, 2.45) is 5.92 Å². The molecule has 0 spiro atoms. The molecule has 0 radical (unpaired) electrons. The first-order valence-corrected chi connectivity index (χ1v) is 8.25. The van der Waals surface area contributed by atoms with Gasteiger partial charge in [-0.3, -0.25) is 9.59 Å². The number of carbonyl (C=O) groups is 2. The fourth-order valence-corrected chi connectivity index (χ4v) is 4.01. The van der Waals surface area contributed by atoms with Gasteiger partial charge >= 0.3 is 0 Å². The lowest BCUT2D eigenvalue weighted by Gasteiger charge is -2.35. The zero-order valence-corrected chi connectivity index (χ0v) is 14.1. The van der Waals surface area contributed by atoms with E-state index in [1.165, 1.54) is 4.90 Å². The molecule has 2 aromatic rings. The monoisotopic (exact) mass is 320 g/mol. The highest BCUT2D eigenvalue weighted by Gasteiger charge is 2.52. The quantitative estimate of drug-likeness (QED) is 0.758. The van der Waals surface area contributed by atoms with Crippen molar-refractivity contribution in [1.29, 1.82) is 0 Å². The summed E-state index contributed by atoms with van der Waals surface area (Å²) in [7, 11) is 1.99. The number of carbonyl (C=O) groups excluding carboxylic acids is 2. The van der Waals surface area contributed by atoms with E-state index >= 15 is 0 Å². The number of aryl methyl sites for hydroxylation is 1. The molecule has 0 bridgehead atoms. The minimum atomic E-state index is -0.371. The highest BCUT2D eigenvalue weighted by molar-refractivity contribution is 6.24. The van der Waals surface area contributed by atoms with E-state index in [0.717, 1.165) is 22.4 Å². The summed E-state index contributed by atoms with van der Waals surface area (Å²) >= 11 is 0. The highest BCUT2D eigenvalue weighted by atomic mass is 16.2. The standard InChI is InChI=1S/C20H20N2O2/c1-12-9-10-16-17(13(12)2)18-15(11-21(16)3)19(23)22(20(18)24)14-7-5-4-6-8-14/h4-10,15,18H,11H2,1-3H3/t15-,18-/m0/s1. The largest absolute Gasteiger partial charge is 0.374 e. The van der Waals surface area contributed by atoms with Gasteiger partial charge in [-0.1, -0.05) is 24.3 Å². The van der Waals surface area contributed by atoms with E-state index in [0.29, 0.717) is 12.2 Å². The summed E-state index contributed by atoms with van der Waals surface area (Å²) in [5.41, 5.74) is 5.02. The van der Waals surface area contributed by atoms with Crippen molar-refractivity contribution in [1.82, 2.24) is 0 Å². The Bertz CT molecular complexity index is 844. The Labute approximate surface area is 141 Å². The first kappa shape index (κ1) is 14.9. The number of hydrogen-bond donors (Lipinski definition) is 0. The van der Waals surface area contributed by atoms with E-state index in [1.807, 2.05) is 44.3 Å². The van der Waals surface area contributed by atoms with Crippen LogP contribution >= 0.6 is 0 Å². The van der Waals surface area contributed by atoms with Gasteiger partial charge in [0.05, 0.1) is 17.5 Å². The van der Waals surface area contributed by atoms with Crippen molar-refractivity contribution in [3.8, 4) is 0 Å². The van der Waals surface area contributed by atoms with Crippen LogP contribution in [0.5, 0.6) is 0 Å². The fraction of sp³-hybridized carbons (Fsp3) is 0.300. The van der Waals surface area contributed by atoms with E-state index < -0.39 is 0 Å². The second-order valence-electron chi connectivity index (χ2n) is 6.75. The van der Waals surface area contributed by atoms with Gasteiger partial charge in [0.1, 0.15) is 0 Å². The molecule has 1 saturated heterocycles. The Balaban J connectivity index is 1.88. The third kappa shape index (κ3) is 1.92. The van der Waals surface area contributed by atoms with Crippen molar-refractivity contribution >= 4 is 23.2 Å². The average Bonchev–Trinajstić information content (AvgIpc) is 2.82. The van der Waals surface area contributed by atoms with Crippen LogP contribution in [0.25, 0.3) is 0 Å². The first-order chi connectivity index (χ1) is 11.5. The lowest BCUT2D eigenvalue weighted by atomic mass is 9.80. The van der Waals surface area contributed by atoms with Gasteiger partial charge in [0.15, 0.2) is 0 Å². The van der Waals surface area contributed by atoms with Gasteiger partial charge < -0.3 is 4.90 Å². The molecule has 4 heteroatoms. The predicted molar refractivity (Wildman–Crippen MR) is 94.4 cm³/mol. The average molecular weight is 320 g/mol. The Morgan fingerprint density at radius 3 is 2.38 bits per heavy atom. The minimum Gasteiger partial charge on any atom is -0.374 e. The lowest BCUT2D eigenvalue weighted by Crippen LogP contribution is -2.37. The summed E-state index contributed by atoms with van der Waals surface area (Å²) in [5.74, 6) is -0.867. The number of para-hydroxylation sites is 1. The van der Waals surface area contributed by atoms with Crippen LogP contribution < -0.4 is 9.80 Å². The highest BCUT2D eigenvalue weighted by Crippen LogP contribution is 2.46. The first-order valence-electron chi connectivity index (χ1n) is 8.25. The second kappa shape index (κ2) is 5.20. The summed E-state index contributed by atoms with van der Waals surface area (Å²) in [5, 5.41) is 0. The van der Waals surface area contributed by atoms with E-state index in [1.54, 1.807) is 0 Å². The molecule has 2 heterocycles. The van der Waals surface area contributed by atoms with Crippen molar-refractivity contribution in [3.05, 3.63) is 59.2 Å². The fourth-order valence-electron chi connectivity index (χ4n) is 4.01. The van der Waals surface area contributed by atoms with Gasteiger partial charge in [0, 0.05) is 19.3 Å². The number of nitrogens with zero attached hydrogens (tertiary/aromatic N) is 2. The molecule has 0 saturated carbocycles. The third-order valence-electron chi connectivity index (χ3n) is 5.40. The van der Waals surface area contributed by atoms with Gasteiger partial charge in [0.25, 0.3) is 0 Å². The Hall–Kier alpha value is -2.62. The van der Waals surface area contributed by atoms with E-state index in [9.17, 15) is 9.59 Å². The maximum Gasteiger partial charge on any atom is 0.242 e. The molecule has 0 unspecified atom stereocenters. The van der Waals surface area contributed by atoms with Crippen molar-refractivity contribution in [2.75, 3.05) is 23.4 Å². The van der Waals surface area contributed by atoms with Gasteiger partial charge in [-0.05, 0) is 48.7 Å². The third-order valence-corrected chi connectivity index (χ3v) is 5.40. The van der Waals surface area contributed by atoms with Crippen molar-refractivity contribution in [3.63, 3.8) is 0 Å². The molecule has 122 valence electrons. The molecule has 2 aliphatic heterocycles. The summed E-state index contributed by atoms with van der Waals surface area (Å²) < 4.78 is 0. The molecule has 1 fully saturated rings. The molecule has 24 heavy (non-hydrogen) atoms. The normalized spacial score (nSPS) is 22.6. The maximum absolute atomic E-state index is 13.2. The van der Waals surface area contributed by atoms with Crippen LogP contribution in [0.15, 0.2) is 42.5 Å². The Morgan fingerprint density at radius 2 is 1.67 bits per heavy atom. The second-order valence-corrected chi connectivity index (χ2v) is 6.75. The number of anilines is 2. The Morgan fingerprint density at radius 1 is 0.958 bits per heavy atom. The van der Waals surface area contributed by atoms with Crippen LogP contribution in [0, 0.1) is 19.8 Å². The lowest BCUT2D eigenvalue weighted by molar-refractivity contribution is -0.122. The molecular weight excluding hydrogens is 300 g/mol. The summed E-state index contributed by atoms with van der Waals surface area (Å²) in [6.45, 7) is 4.68. The van der Waals surface area contributed by atoms with E-state index in [-0.39, 0.29) is 23.7 Å². The number of rotatable bonds is 1. The molecular formula is C20H20N2O2. The van der Waals surface area contributed by atoms with Gasteiger partial charge in [-0.2, -0.15) is 0 Å². The zero-order chi connectivity index (χ0) is 17.0. The van der Waals surface area contributed by atoms with Crippen LogP contribution in [-0.4, -0.2) is 25.4 Å². The zero-order valence-electron chi connectivity index (χ0n) is 14.1. The van der Waals surface area contributed by atoms with E-state index in [2.05, 4.69) is 24.0 Å². The topological polar surface area (TPSA) is 40.6 Å². The van der Waals surface area contributed by atoms with Crippen LogP contribution in [0.4, 0.5) is 11.4 Å². The molecule has 2 aliphatic rings. The molecule has 0 aliphatic carbocycles. The van der Waals surface area contributed by atoms with Gasteiger partial charge in [-0.15, -0.1) is 0 Å². The van der Waals surface area contributed by atoms with Crippen LogP contribution in [0.2, 0.25) is 0 Å². The van der Waals surface area contributed by atoms with Gasteiger partial charge in [0.2, 0.25) is 11.8 Å². The smallest absolute Gasteiger partial charge is 0.242 e. The molecule has 2 aromatic carbocycles. The SMILES string of the molecule is Cc1ccc2c(c1C)[C@H]1C(=O)N(c3ccccc3)C(=O)[C@H]1CN2C. The summed E-state index contributed by atoms with van der Waals surface area (Å²) in [6, 6.07) is 13.4. The van der Waals surface area contributed by atoms with Crippen LogP contribution in [0.3, 0.4) is 0 Å². The summed E-state index contributed by atoms with van der Waals surface area (Å²) in [6.07, 6.45) is 0. The Kier molecular flexibility index (Phi) is 3.23. The summed E-state index contributed by atoms with van der Waals surface area (Å²) in [4.78, 5) is 29.6. The molecule has 4 nitrogen and oxygen atoms in total. The number of benzene rings is 2. The van der Waals surface area contributed by atoms with Gasteiger partial charge in [-0.25, -0.2) is 4.90 Å². The molecule has 2 atom stereocenters.